The summed E-state index contributed by atoms with van der Waals surface area (Å²) in [6.45, 7) is 0. The minimum atomic E-state index is 1.18. The molecule has 1 aromatic heterocycles. The van der Waals surface area contributed by atoms with Crippen LogP contribution in [0.15, 0.2) is 91.0 Å². The zero-order valence-electron chi connectivity index (χ0n) is 18.8. The van der Waals surface area contributed by atoms with Crippen molar-refractivity contribution in [1.29, 1.82) is 0 Å². The number of hydrogen-bond donors (Lipinski definition) is 0. The Kier molecular flexibility index (Phi) is 3.81. The maximum atomic E-state index is 2.45. The highest BCUT2D eigenvalue weighted by Gasteiger charge is 2.15. The van der Waals surface area contributed by atoms with Crippen LogP contribution < -0.4 is 0 Å². The van der Waals surface area contributed by atoms with E-state index in [1.165, 1.54) is 94.0 Å². The third-order valence-electron chi connectivity index (χ3n) is 7.66. The van der Waals surface area contributed by atoms with E-state index in [0.717, 1.165) is 0 Å². The van der Waals surface area contributed by atoms with E-state index in [1.807, 2.05) is 11.3 Å². The van der Waals surface area contributed by atoms with E-state index in [1.54, 1.807) is 0 Å². The van der Waals surface area contributed by atoms with Gasteiger partial charge in [-0.05, 0) is 104 Å². The van der Waals surface area contributed by atoms with Crippen molar-refractivity contribution in [2.45, 2.75) is 19.3 Å². The monoisotopic (exact) mass is 450 g/mol. The summed E-state index contributed by atoms with van der Waals surface area (Å²) in [5.41, 5.74) is 5.53. The molecule has 0 spiro atoms. The fourth-order valence-corrected chi connectivity index (χ4v) is 7.17. The van der Waals surface area contributed by atoms with Crippen LogP contribution >= 0.6 is 11.3 Å². The summed E-state index contributed by atoms with van der Waals surface area (Å²) in [6, 6.07) is 32.3. The molecule has 8 rings (SSSR count). The van der Waals surface area contributed by atoms with Gasteiger partial charge in [0.15, 0.2) is 0 Å². The third-order valence-corrected chi connectivity index (χ3v) is 8.80. The predicted molar refractivity (Wildman–Crippen MR) is 150 cm³/mol. The van der Waals surface area contributed by atoms with Crippen LogP contribution in [0.2, 0.25) is 0 Å². The van der Waals surface area contributed by atoms with Gasteiger partial charge in [-0.3, -0.25) is 0 Å². The molecule has 1 aliphatic carbocycles. The van der Waals surface area contributed by atoms with Gasteiger partial charge in [0, 0.05) is 20.2 Å². The number of rotatable bonds is 1. The van der Waals surface area contributed by atoms with Crippen LogP contribution in [0.1, 0.15) is 24.0 Å². The second-order valence-corrected chi connectivity index (χ2v) is 10.7. The van der Waals surface area contributed by atoms with Gasteiger partial charge in [-0.2, -0.15) is 0 Å². The molecule has 0 saturated carbocycles. The van der Waals surface area contributed by atoms with Crippen molar-refractivity contribution in [3.63, 3.8) is 0 Å². The van der Waals surface area contributed by atoms with E-state index >= 15 is 0 Å². The van der Waals surface area contributed by atoms with Gasteiger partial charge in [-0.25, -0.2) is 0 Å². The molecule has 0 unspecified atom stereocenters. The highest BCUT2D eigenvalue weighted by Crippen LogP contribution is 2.43. The first kappa shape index (κ1) is 18.7. The minimum absolute atomic E-state index is 1.18. The summed E-state index contributed by atoms with van der Waals surface area (Å²) >= 11 is 1.93. The molecule has 34 heavy (non-hydrogen) atoms. The fraction of sp³-hybridized carbons (Fsp3) is 0.0909. The number of allylic oxidation sites excluding steroid dienone is 1. The molecular formula is C33H22S. The molecule has 0 fully saturated rings. The third kappa shape index (κ3) is 2.59. The molecule has 0 atom stereocenters. The predicted octanol–water partition coefficient (Wildman–Crippen LogP) is 9.97. The van der Waals surface area contributed by atoms with Crippen LogP contribution in [0.3, 0.4) is 0 Å². The van der Waals surface area contributed by atoms with Crippen LogP contribution in [0.4, 0.5) is 0 Å². The van der Waals surface area contributed by atoms with Crippen LogP contribution in [-0.4, -0.2) is 0 Å². The maximum Gasteiger partial charge on any atom is 0.0358 e. The van der Waals surface area contributed by atoms with E-state index in [9.17, 15) is 0 Å². The van der Waals surface area contributed by atoms with E-state index in [-0.39, 0.29) is 0 Å². The summed E-state index contributed by atoms with van der Waals surface area (Å²) < 4.78 is 2.79. The zero-order chi connectivity index (χ0) is 22.2. The van der Waals surface area contributed by atoms with Crippen LogP contribution in [-0.2, 0) is 6.42 Å². The van der Waals surface area contributed by atoms with Crippen molar-refractivity contribution in [3.8, 4) is 11.1 Å². The molecule has 0 nitrogen and oxygen atoms in total. The molecule has 160 valence electrons. The molecule has 1 aliphatic rings. The number of hydrogen-bond acceptors (Lipinski definition) is 1. The number of aryl methyl sites for hydroxylation is 1. The molecule has 0 bridgehead atoms. The lowest BCUT2D eigenvalue weighted by Gasteiger charge is -2.15. The van der Waals surface area contributed by atoms with E-state index in [2.05, 4.69) is 97.1 Å². The average molecular weight is 451 g/mol. The van der Waals surface area contributed by atoms with Crippen molar-refractivity contribution in [3.05, 3.63) is 102 Å². The number of fused-ring (bicyclic) bond motifs is 4. The summed E-state index contributed by atoms with van der Waals surface area (Å²) in [4.78, 5) is 0. The fourth-order valence-electron chi connectivity index (χ4n) is 6.04. The summed E-state index contributed by atoms with van der Waals surface area (Å²) in [5.74, 6) is 0. The van der Waals surface area contributed by atoms with Crippen LogP contribution in [0.25, 0.3) is 69.7 Å². The van der Waals surface area contributed by atoms with Crippen molar-refractivity contribution >= 4 is 69.9 Å². The van der Waals surface area contributed by atoms with Gasteiger partial charge >= 0.3 is 0 Å². The lowest BCUT2D eigenvalue weighted by Crippen LogP contribution is -1.88. The molecule has 0 amide bonds. The Morgan fingerprint density at radius 2 is 1.44 bits per heavy atom. The summed E-state index contributed by atoms with van der Waals surface area (Å²) in [7, 11) is 0. The van der Waals surface area contributed by atoms with Gasteiger partial charge in [0.2, 0.25) is 0 Å². The van der Waals surface area contributed by atoms with Gasteiger partial charge in [0.05, 0.1) is 0 Å². The highest BCUT2D eigenvalue weighted by atomic mass is 32.1. The Morgan fingerprint density at radius 3 is 2.38 bits per heavy atom. The van der Waals surface area contributed by atoms with Crippen molar-refractivity contribution in [1.82, 2.24) is 0 Å². The van der Waals surface area contributed by atoms with Crippen LogP contribution in [0, 0.1) is 0 Å². The van der Waals surface area contributed by atoms with Gasteiger partial charge < -0.3 is 0 Å². The van der Waals surface area contributed by atoms with Gasteiger partial charge in [-0.15, -0.1) is 11.3 Å². The molecule has 1 heteroatoms. The molecule has 1 heterocycles. The van der Waals surface area contributed by atoms with Gasteiger partial charge in [0.1, 0.15) is 0 Å². The molecule has 0 N–H and O–H groups in total. The molecule has 0 aliphatic heterocycles. The Hall–Kier alpha value is -3.68. The lowest BCUT2D eigenvalue weighted by atomic mass is 9.88. The van der Waals surface area contributed by atoms with Gasteiger partial charge in [0.25, 0.3) is 0 Å². The SMILES string of the molecule is C1=Cc2cc3c(cc2CCC1)sc1ccc(-c2cc4cccc5ccc6cccc2c6c54)cc13. The maximum absolute atomic E-state index is 2.45. The zero-order valence-corrected chi connectivity index (χ0v) is 19.6. The topological polar surface area (TPSA) is 0 Å². The number of benzene rings is 6. The standard InChI is InChI=1S/C33H22S/c1-2-6-22-16-29-28-17-24(14-15-30(28)34-31(29)19-23(22)7-3-1)27-18-25-10-4-8-20-12-13-21-9-5-11-26(27)33(21)32(20)25/h2,4-6,8-19H,1,3,7H2. The average Bonchev–Trinajstić information content (AvgIpc) is 3.06. The number of thiophene rings is 1. The lowest BCUT2D eigenvalue weighted by molar-refractivity contribution is 0.853. The largest absolute Gasteiger partial charge is 0.135 e. The van der Waals surface area contributed by atoms with Crippen LogP contribution in [0.5, 0.6) is 0 Å². The van der Waals surface area contributed by atoms with Crippen molar-refractivity contribution in [2.75, 3.05) is 0 Å². The van der Waals surface area contributed by atoms with E-state index < -0.39 is 0 Å². The Balaban J connectivity index is 1.44. The molecule has 6 aromatic carbocycles. The van der Waals surface area contributed by atoms with Crippen molar-refractivity contribution in [2.24, 2.45) is 0 Å². The Morgan fingerprint density at radius 1 is 0.618 bits per heavy atom. The first-order chi connectivity index (χ1) is 16.8. The molecule has 0 saturated heterocycles. The van der Waals surface area contributed by atoms with E-state index in [4.69, 9.17) is 0 Å². The van der Waals surface area contributed by atoms with Gasteiger partial charge in [-0.1, -0.05) is 66.7 Å². The molecule has 0 radical (unpaired) electrons. The molecule has 7 aromatic rings. The quantitative estimate of drug-likeness (QED) is 0.218. The molecular weight excluding hydrogens is 428 g/mol. The highest BCUT2D eigenvalue weighted by molar-refractivity contribution is 7.25. The first-order valence-electron chi connectivity index (χ1n) is 12.2. The summed E-state index contributed by atoms with van der Waals surface area (Å²) in [6.07, 6.45) is 8.28. The Bertz CT molecular complexity index is 1930. The normalized spacial score (nSPS) is 14.0. The summed E-state index contributed by atoms with van der Waals surface area (Å²) in [5, 5.41) is 10.8. The Labute approximate surface area is 202 Å². The minimum Gasteiger partial charge on any atom is -0.135 e. The van der Waals surface area contributed by atoms with Crippen molar-refractivity contribution < 1.29 is 0 Å². The smallest absolute Gasteiger partial charge is 0.0358 e. The second kappa shape index (κ2) is 6.91. The van der Waals surface area contributed by atoms with E-state index in [0.29, 0.717) is 0 Å². The second-order valence-electron chi connectivity index (χ2n) is 9.63. The first-order valence-corrected chi connectivity index (χ1v) is 13.0.